The molecule has 0 amide bonds. The number of hydrogen-bond acceptors (Lipinski definition) is 4. The Bertz CT molecular complexity index is 497. The summed E-state index contributed by atoms with van der Waals surface area (Å²) in [7, 11) is 0. The largest absolute Gasteiger partial charge is 0.491 e. The van der Waals surface area contributed by atoms with Crippen LogP contribution in [0.2, 0.25) is 0 Å². The zero-order valence-corrected chi connectivity index (χ0v) is 11.8. The molecular formula is C16H21N3O. The van der Waals surface area contributed by atoms with E-state index in [1.54, 1.807) is 6.07 Å². The summed E-state index contributed by atoms with van der Waals surface area (Å²) in [5.41, 5.74) is 0.619. The zero-order valence-electron chi connectivity index (χ0n) is 11.8. The highest BCUT2D eigenvalue weighted by Crippen LogP contribution is 2.21. The molecule has 0 radical (unpaired) electrons. The Kier molecular flexibility index (Phi) is 4.19. The number of benzene rings is 1. The SMILES string of the molecule is N#Cc1ccccc1OCCN1CCN2CCCC2C1. The second-order valence-corrected chi connectivity index (χ2v) is 5.59. The molecule has 20 heavy (non-hydrogen) atoms. The monoisotopic (exact) mass is 271 g/mol. The smallest absolute Gasteiger partial charge is 0.137 e. The van der Waals surface area contributed by atoms with E-state index in [9.17, 15) is 0 Å². The Labute approximate surface area is 120 Å². The first kappa shape index (κ1) is 13.4. The van der Waals surface area contributed by atoms with Crippen molar-refractivity contribution in [2.75, 3.05) is 39.3 Å². The molecule has 1 atom stereocenters. The van der Waals surface area contributed by atoms with Crippen molar-refractivity contribution in [2.24, 2.45) is 0 Å². The molecule has 3 rings (SSSR count). The van der Waals surface area contributed by atoms with Crippen molar-refractivity contribution < 1.29 is 4.74 Å². The quantitative estimate of drug-likeness (QED) is 0.836. The molecular weight excluding hydrogens is 250 g/mol. The molecule has 2 heterocycles. The van der Waals surface area contributed by atoms with Crippen molar-refractivity contribution >= 4 is 0 Å². The van der Waals surface area contributed by atoms with Crippen LogP contribution in [0.15, 0.2) is 24.3 Å². The molecule has 0 N–H and O–H groups in total. The Morgan fingerprint density at radius 3 is 3.05 bits per heavy atom. The fourth-order valence-electron chi connectivity index (χ4n) is 3.23. The van der Waals surface area contributed by atoms with Crippen LogP contribution < -0.4 is 4.74 Å². The van der Waals surface area contributed by atoms with Crippen molar-refractivity contribution in [3.63, 3.8) is 0 Å². The summed E-state index contributed by atoms with van der Waals surface area (Å²) in [5.74, 6) is 0.703. The van der Waals surface area contributed by atoms with E-state index in [2.05, 4.69) is 15.9 Å². The Morgan fingerprint density at radius 2 is 2.15 bits per heavy atom. The van der Waals surface area contributed by atoms with Crippen molar-refractivity contribution in [1.29, 1.82) is 5.26 Å². The summed E-state index contributed by atoms with van der Waals surface area (Å²) in [6.07, 6.45) is 2.69. The predicted molar refractivity (Wildman–Crippen MR) is 77.7 cm³/mol. The van der Waals surface area contributed by atoms with Gasteiger partial charge in [-0.25, -0.2) is 0 Å². The minimum absolute atomic E-state index is 0.619. The third-order valence-electron chi connectivity index (χ3n) is 4.34. The van der Waals surface area contributed by atoms with Gasteiger partial charge in [0.15, 0.2) is 0 Å². The van der Waals surface area contributed by atoms with Gasteiger partial charge in [-0.15, -0.1) is 0 Å². The van der Waals surface area contributed by atoms with E-state index >= 15 is 0 Å². The normalized spacial score (nSPS) is 23.2. The van der Waals surface area contributed by atoms with Crippen molar-refractivity contribution in [3.8, 4) is 11.8 Å². The van der Waals surface area contributed by atoms with Crippen LogP contribution in [0.1, 0.15) is 18.4 Å². The lowest BCUT2D eigenvalue weighted by atomic mass is 10.1. The molecule has 1 aromatic rings. The number of fused-ring (bicyclic) bond motifs is 1. The molecule has 0 bridgehead atoms. The predicted octanol–water partition coefficient (Wildman–Crippen LogP) is 1.72. The second-order valence-electron chi connectivity index (χ2n) is 5.59. The molecule has 2 aliphatic rings. The van der Waals surface area contributed by atoms with Crippen molar-refractivity contribution in [2.45, 2.75) is 18.9 Å². The lowest BCUT2D eigenvalue weighted by Crippen LogP contribution is -2.50. The Balaban J connectivity index is 1.47. The highest BCUT2D eigenvalue weighted by Gasteiger charge is 2.30. The van der Waals surface area contributed by atoms with Crippen LogP contribution in [0, 0.1) is 11.3 Å². The number of para-hydroxylation sites is 1. The van der Waals surface area contributed by atoms with Crippen LogP contribution in [0.4, 0.5) is 0 Å². The molecule has 4 heteroatoms. The van der Waals surface area contributed by atoms with Gasteiger partial charge in [0.25, 0.3) is 0 Å². The lowest BCUT2D eigenvalue weighted by Gasteiger charge is -2.37. The third-order valence-corrected chi connectivity index (χ3v) is 4.34. The Morgan fingerprint density at radius 1 is 1.25 bits per heavy atom. The number of nitriles is 1. The van der Waals surface area contributed by atoms with E-state index < -0.39 is 0 Å². The lowest BCUT2D eigenvalue weighted by molar-refractivity contribution is 0.0922. The van der Waals surface area contributed by atoms with Crippen LogP contribution in [0.25, 0.3) is 0 Å². The first-order valence-corrected chi connectivity index (χ1v) is 7.45. The van der Waals surface area contributed by atoms with Gasteiger partial charge in [-0.3, -0.25) is 9.80 Å². The summed E-state index contributed by atoms with van der Waals surface area (Å²) in [5, 5.41) is 9.02. The van der Waals surface area contributed by atoms with Gasteiger partial charge in [-0.05, 0) is 31.5 Å². The molecule has 0 spiro atoms. The molecule has 2 fully saturated rings. The number of ether oxygens (including phenoxy) is 1. The number of rotatable bonds is 4. The van der Waals surface area contributed by atoms with Crippen molar-refractivity contribution in [1.82, 2.24) is 9.80 Å². The molecule has 1 unspecified atom stereocenters. The summed E-state index contributed by atoms with van der Waals surface area (Å²) in [6, 6.07) is 10.4. The maximum Gasteiger partial charge on any atom is 0.137 e. The molecule has 0 saturated carbocycles. The van der Waals surface area contributed by atoms with Crippen LogP contribution in [-0.2, 0) is 0 Å². The van der Waals surface area contributed by atoms with E-state index in [-0.39, 0.29) is 0 Å². The minimum Gasteiger partial charge on any atom is -0.491 e. The molecule has 0 aliphatic carbocycles. The topological polar surface area (TPSA) is 39.5 Å². The maximum atomic E-state index is 9.02. The van der Waals surface area contributed by atoms with Gasteiger partial charge in [0.1, 0.15) is 18.4 Å². The third kappa shape index (κ3) is 2.95. The summed E-state index contributed by atoms with van der Waals surface area (Å²) < 4.78 is 5.76. The first-order valence-electron chi connectivity index (χ1n) is 7.45. The van der Waals surface area contributed by atoms with Gasteiger partial charge >= 0.3 is 0 Å². The molecule has 1 aromatic carbocycles. The van der Waals surface area contributed by atoms with Crippen LogP contribution in [0.5, 0.6) is 5.75 Å². The van der Waals surface area contributed by atoms with Gasteiger partial charge in [0.05, 0.1) is 5.56 Å². The molecule has 0 aromatic heterocycles. The molecule has 4 nitrogen and oxygen atoms in total. The summed E-state index contributed by atoms with van der Waals surface area (Å²) in [4.78, 5) is 5.10. The fourth-order valence-corrected chi connectivity index (χ4v) is 3.23. The highest BCUT2D eigenvalue weighted by molar-refractivity contribution is 5.42. The highest BCUT2D eigenvalue weighted by atomic mass is 16.5. The average molecular weight is 271 g/mol. The standard InChI is InChI=1S/C16H21N3O/c17-12-14-4-1-2-6-16(14)20-11-10-18-8-9-19-7-3-5-15(19)13-18/h1-2,4,6,15H,3,5,7-11,13H2. The number of hydrogen-bond donors (Lipinski definition) is 0. The Hall–Kier alpha value is -1.57. The molecule has 2 saturated heterocycles. The van der Waals surface area contributed by atoms with E-state index in [1.165, 1.54) is 32.5 Å². The summed E-state index contributed by atoms with van der Waals surface area (Å²) >= 11 is 0. The molecule has 2 aliphatic heterocycles. The van der Waals surface area contributed by atoms with Gasteiger partial charge in [-0.1, -0.05) is 12.1 Å². The van der Waals surface area contributed by atoms with E-state index in [1.807, 2.05) is 18.2 Å². The second kappa shape index (κ2) is 6.25. The minimum atomic E-state index is 0.619. The van der Waals surface area contributed by atoms with E-state index in [0.717, 1.165) is 19.1 Å². The van der Waals surface area contributed by atoms with Gasteiger partial charge in [0.2, 0.25) is 0 Å². The summed E-state index contributed by atoms with van der Waals surface area (Å²) in [6.45, 7) is 6.39. The maximum absolute atomic E-state index is 9.02. The zero-order chi connectivity index (χ0) is 13.8. The number of piperazine rings is 1. The van der Waals surface area contributed by atoms with E-state index in [4.69, 9.17) is 10.00 Å². The van der Waals surface area contributed by atoms with Crippen LogP contribution >= 0.6 is 0 Å². The van der Waals surface area contributed by atoms with Gasteiger partial charge in [-0.2, -0.15) is 5.26 Å². The average Bonchev–Trinajstić information content (AvgIpc) is 2.95. The van der Waals surface area contributed by atoms with E-state index in [0.29, 0.717) is 17.9 Å². The van der Waals surface area contributed by atoms with Gasteiger partial charge < -0.3 is 4.74 Å². The van der Waals surface area contributed by atoms with Gasteiger partial charge in [0, 0.05) is 32.2 Å². The van der Waals surface area contributed by atoms with Crippen LogP contribution in [0.3, 0.4) is 0 Å². The molecule has 106 valence electrons. The first-order chi connectivity index (χ1) is 9.86. The van der Waals surface area contributed by atoms with Crippen LogP contribution in [-0.4, -0.2) is 55.2 Å². The fraction of sp³-hybridized carbons (Fsp3) is 0.562. The van der Waals surface area contributed by atoms with Crippen molar-refractivity contribution in [3.05, 3.63) is 29.8 Å². The number of nitrogens with zero attached hydrogens (tertiary/aromatic N) is 3.